The molecule has 11 heteroatoms. The third-order valence-electron chi connectivity index (χ3n) is 3.28. The van der Waals surface area contributed by atoms with Gasteiger partial charge in [-0.05, 0) is 13.8 Å². The molecule has 0 rings (SSSR count). The predicted octanol–water partition coefficient (Wildman–Crippen LogP) is 0.229. The number of rotatable bonds is 24. The Balaban J connectivity index is 3.08. The first-order valence-electron chi connectivity index (χ1n) is 10.6. The van der Waals surface area contributed by atoms with Crippen LogP contribution in [0, 0.1) is 0 Å². The lowest BCUT2D eigenvalue weighted by atomic mass is 10.6. The second-order valence-corrected chi connectivity index (χ2v) is 5.78. The quantitative estimate of drug-likeness (QED) is 0.147. The molecule has 0 radical (unpaired) electrons. The van der Waals surface area contributed by atoms with Crippen molar-refractivity contribution in [2.45, 2.75) is 13.8 Å². The van der Waals surface area contributed by atoms with E-state index in [0.717, 1.165) is 0 Å². The van der Waals surface area contributed by atoms with Crippen LogP contribution in [0.3, 0.4) is 0 Å². The Labute approximate surface area is 184 Å². The van der Waals surface area contributed by atoms with Crippen LogP contribution >= 0.6 is 0 Å². The molecule has 11 nitrogen and oxygen atoms in total. The van der Waals surface area contributed by atoms with Gasteiger partial charge in [-0.2, -0.15) is 0 Å². The van der Waals surface area contributed by atoms with Gasteiger partial charge in [0.25, 0.3) is 0 Å². The predicted molar refractivity (Wildman–Crippen MR) is 109 cm³/mol. The van der Waals surface area contributed by atoms with Crippen molar-refractivity contribution in [1.82, 2.24) is 0 Å². The van der Waals surface area contributed by atoms with Gasteiger partial charge in [-0.3, -0.25) is 0 Å². The van der Waals surface area contributed by atoms with E-state index in [4.69, 9.17) is 42.6 Å². The highest BCUT2D eigenvalue weighted by Crippen LogP contribution is 1.86. The van der Waals surface area contributed by atoms with E-state index in [1.165, 1.54) is 0 Å². The zero-order chi connectivity index (χ0) is 22.8. The highest BCUT2D eigenvalue weighted by Gasteiger charge is 2.01. The van der Waals surface area contributed by atoms with E-state index in [9.17, 15) is 9.59 Å². The van der Waals surface area contributed by atoms with Gasteiger partial charge >= 0.3 is 11.9 Å². The highest BCUT2D eigenvalue weighted by atomic mass is 16.6. The summed E-state index contributed by atoms with van der Waals surface area (Å²) >= 11 is 0. The van der Waals surface area contributed by atoms with E-state index in [2.05, 4.69) is 0 Å². The number of carbonyl (C=O) groups excluding carboxylic acids is 2. The zero-order valence-electron chi connectivity index (χ0n) is 18.8. The molecular formula is C20H38O11. The lowest BCUT2D eigenvalue weighted by Crippen LogP contribution is -2.17. The average Bonchev–Trinajstić information content (AvgIpc) is 2.75. The van der Waals surface area contributed by atoms with Crippen molar-refractivity contribution < 1.29 is 52.2 Å². The van der Waals surface area contributed by atoms with Crippen molar-refractivity contribution in [3.05, 3.63) is 0 Å². The number of carbonyl (C=O) groups is 2. The maximum atomic E-state index is 11.0. The van der Waals surface area contributed by atoms with Crippen LogP contribution in [-0.2, 0) is 52.2 Å². The van der Waals surface area contributed by atoms with Crippen LogP contribution in [0.5, 0.6) is 0 Å². The molecule has 0 aromatic rings. The largest absolute Gasteiger partial charge is 0.464 e. The van der Waals surface area contributed by atoms with E-state index in [-0.39, 0.29) is 25.2 Å². The van der Waals surface area contributed by atoms with Gasteiger partial charge in [-0.1, -0.05) is 0 Å². The lowest BCUT2D eigenvalue weighted by Gasteiger charge is -2.08. The van der Waals surface area contributed by atoms with Crippen LogP contribution in [0.1, 0.15) is 13.8 Å². The minimum Gasteiger partial charge on any atom is -0.464 e. The summed E-state index contributed by atoms with van der Waals surface area (Å²) in [5.41, 5.74) is 0. The number of ether oxygens (including phenoxy) is 9. The molecule has 0 aliphatic rings. The fourth-order valence-electron chi connectivity index (χ4n) is 1.93. The Morgan fingerprint density at radius 2 is 0.645 bits per heavy atom. The molecule has 0 saturated carbocycles. The van der Waals surface area contributed by atoms with Gasteiger partial charge in [0, 0.05) is 0 Å². The molecule has 31 heavy (non-hydrogen) atoms. The maximum absolute atomic E-state index is 11.0. The fraction of sp³-hybridized carbons (Fsp3) is 0.900. The van der Waals surface area contributed by atoms with Crippen molar-refractivity contribution in [1.29, 1.82) is 0 Å². The van der Waals surface area contributed by atoms with Crippen molar-refractivity contribution in [2.24, 2.45) is 0 Å². The van der Waals surface area contributed by atoms with Gasteiger partial charge in [-0.15, -0.1) is 0 Å². The Morgan fingerprint density at radius 3 is 0.871 bits per heavy atom. The van der Waals surface area contributed by atoms with E-state index < -0.39 is 0 Å². The molecule has 0 aliphatic heterocycles. The summed E-state index contributed by atoms with van der Waals surface area (Å²) in [6, 6.07) is 0. The van der Waals surface area contributed by atoms with Gasteiger partial charge in [0.05, 0.1) is 92.5 Å². The van der Waals surface area contributed by atoms with Crippen LogP contribution < -0.4 is 0 Å². The first-order chi connectivity index (χ1) is 15.2. The van der Waals surface area contributed by atoms with Crippen LogP contribution in [0.4, 0.5) is 0 Å². The smallest absolute Gasteiger partial charge is 0.332 e. The first-order valence-corrected chi connectivity index (χ1v) is 10.6. The molecule has 0 aromatic carbocycles. The van der Waals surface area contributed by atoms with Crippen LogP contribution in [0.2, 0.25) is 0 Å². The normalized spacial score (nSPS) is 10.9. The summed E-state index contributed by atoms with van der Waals surface area (Å²) in [6.45, 7) is 9.19. The second kappa shape index (κ2) is 24.9. The number of hydrogen-bond donors (Lipinski definition) is 0. The molecule has 0 fully saturated rings. The fourth-order valence-corrected chi connectivity index (χ4v) is 1.93. The van der Waals surface area contributed by atoms with Gasteiger partial charge in [-0.25, -0.2) is 9.59 Å². The second-order valence-electron chi connectivity index (χ2n) is 5.78. The van der Waals surface area contributed by atoms with Crippen molar-refractivity contribution in [3.8, 4) is 0 Å². The van der Waals surface area contributed by atoms with Gasteiger partial charge in [0.1, 0.15) is 13.2 Å². The van der Waals surface area contributed by atoms with E-state index in [0.29, 0.717) is 92.5 Å². The molecule has 0 bridgehead atoms. The molecule has 0 aliphatic carbocycles. The standard InChI is InChI=1S/C20H38O11/c1-3-30-19(21)17-28-15-13-26-11-9-24-7-5-23-6-8-25-10-12-27-14-16-29-18-20(22)31-4-2/h3-18H2,1-2H3. The molecule has 0 unspecified atom stereocenters. The van der Waals surface area contributed by atoms with Crippen molar-refractivity contribution in [2.75, 3.05) is 106 Å². The Morgan fingerprint density at radius 1 is 0.419 bits per heavy atom. The van der Waals surface area contributed by atoms with Crippen LogP contribution in [-0.4, -0.2) is 118 Å². The van der Waals surface area contributed by atoms with Gasteiger partial charge < -0.3 is 42.6 Å². The molecule has 0 aromatic heterocycles. The molecular weight excluding hydrogens is 416 g/mol. The third-order valence-corrected chi connectivity index (χ3v) is 3.28. The molecule has 0 spiro atoms. The number of esters is 2. The maximum Gasteiger partial charge on any atom is 0.332 e. The van der Waals surface area contributed by atoms with Crippen molar-refractivity contribution in [3.63, 3.8) is 0 Å². The lowest BCUT2D eigenvalue weighted by molar-refractivity contribution is -0.149. The molecule has 184 valence electrons. The summed E-state index contributed by atoms with van der Waals surface area (Å²) in [6.07, 6.45) is 0. The zero-order valence-corrected chi connectivity index (χ0v) is 18.8. The summed E-state index contributed by atoms with van der Waals surface area (Å²) in [4.78, 5) is 22.0. The third kappa shape index (κ3) is 24.8. The van der Waals surface area contributed by atoms with Crippen LogP contribution in [0.25, 0.3) is 0 Å². The summed E-state index contributed by atoms with van der Waals surface area (Å²) in [5, 5.41) is 0. The first kappa shape index (κ1) is 29.7. The monoisotopic (exact) mass is 454 g/mol. The molecule has 0 saturated heterocycles. The summed E-state index contributed by atoms with van der Waals surface area (Å²) in [7, 11) is 0. The summed E-state index contributed by atoms with van der Waals surface area (Å²) in [5.74, 6) is -0.752. The topological polar surface area (TPSA) is 117 Å². The SMILES string of the molecule is CCOC(=O)COCCOCCOCCOCCOCCOCCOCC(=O)OCC. The van der Waals surface area contributed by atoms with Gasteiger partial charge in [0.2, 0.25) is 0 Å². The molecule has 0 heterocycles. The minimum absolute atomic E-state index is 0.0602. The molecule has 0 atom stereocenters. The average molecular weight is 455 g/mol. The molecule has 0 N–H and O–H groups in total. The van der Waals surface area contributed by atoms with Gasteiger partial charge in [0.15, 0.2) is 0 Å². The highest BCUT2D eigenvalue weighted by molar-refractivity contribution is 5.70. The van der Waals surface area contributed by atoms with E-state index in [1.807, 2.05) is 0 Å². The Bertz CT molecular complexity index is 371. The number of hydrogen-bond acceptors (Lipinski definition) is 11. The minimum atomic E-state index is -0.376. The van der Waals surface area contributed by atoms with E-state index in [1.54, 1.807) is 13.8 Å². The van der Waals surface area contributed by atoms with E-state index >= 15 is 0 Å². The Hall–Kier alpha value is -1.34. The van der Waals surface area contributed by atoms with Crippen LogP contribution in [0.15, 0.2) is 0 Å². The molecule has 0 amide bonds. The summed E-state index contributed by atoms with van der Waals surface area (Å²) < 4.78 is 46.4. The Kier molecular flexibility index (Phi) is 23.8. The van der Waals surface area contributed by atoms with Crippen molar-refractivity contribution >= 4 is 11.9 Å².